The van der Waals surface area contributed by atoms with Crippen molar-refractivity contribution in [2.24, 2.45) is 0 Å². The van der Waals surface area contributed by atoms with Crippen LogP contribution in [0.25, 0.3) is 20.8 Å². The van der Waals surface area contributed by atoms with Crippen molar-refractivity contribution in [1.29, 1.82) is 0 Å². The highest BCUT2D eigenvalue weighted by molar-refractivity contribution is 7.22. The van der Waals surface area contributed by atoms with Gasteiger partial charge in [-0.2, -0.15) is 0 Å². The first-order valence-corrected chi connectivity index (χ1v) is 9.35. The molecule has 0 radical (unpaired) electrons. The second-order valence-electron chi connectivity index (χ2n) is 5.39. The number of rotatable bonds is 4. The molecule has 0 fully saturated rings. The van der Waals surface area contributed by atoms with Crippen LogP contribution >= 0.6 is 22.7 Å². The fourth-order valence-corrected chi connectivity index (χ4v) is 4.15. The molecule has 136 valence electrons. The van der Waals surface area contributed by atoms with Gasteiger partial charge in [-0.15, -0.1) is 11.3 Å². The quantitative estimate of drug-likeness (QED) is 0.528. The van der Waals surface area contributed by atoms with Crippen molar-refractivity contribution < 1.29 is 13.6 Å². The summed E-state index contributed by atoms with van der Waals surface area (Å²) >= 11 is 2.27. The number of halogens is 2. The van der Waals surface area contributed by atoms with Gasteiger partial charge in [0.1, 0.15) is 11.3 Å². The summed E-state index contributed by atoms with van der Waals surface area (Å²) in [5, 5.41) is 5.69. The number of thiophene rings is 1. The summed E-state index contributed by atoms with van der Waals surface area (Å²) in [6.07, 6.45) is 1.63. The van der Waals surface area contributed by atoms with Crippen LogP contribution in [0.2, 0.25) is 0 Å². The third-order valence-electron chi connectivity index (χ3n) is 3.60. The number of benzene rings is 1. The minimum atomic E-state index is -0.760. The van der Waals surface area contributed by atoms with Gasteiger partial charge in [0.15, 0.2) is 10.9 Å². The van der Waals surface area contributed by atoms with Gasteiger partial charge in [-0.25, -0.2) is 23.7 Å². The van der Waals surface area contributed by atoms with Crippen molar-refractivity contribution in [2.45, 2.75) is 0 Å². The Hall–Kier alpha value is -2.98. The molecule has 0 unspecified atom stereocenters. The predicted molar refractivity (Wildman–Crippen MR) is 102 cm³/mol. The number of fused-ring (bicyclic) bond motifs is 1. The van der Waals surface area contributed by atoms with Crippen LogP contribution in [0.5, 0.6) is 0 Å². The van der Waals surface area contributed by atoms with Crippen LogP contribution in [0.15, 0.2) is 36.5 Å². The maximum atomic E-state index is 13.7. The molecular formula is C17H11F2N5OS2. The summed E-state index contributed by atoms with van der Waals surface area (Å²) in [5.74, 6) is -1.34. The van der Waals surface area contributed by atoms with E-state index < -0.39 is 11.6 Å². The van der Waals surface area contributed by atoms with Gasteiger partial charge in [-0.3, -0.25) is 10.1 Å². The largest absolute Gasteiger partial charge is 0.357 e. The maximum Gasteiger partial charge on any atom is 0.267 e. The molecule has 3 aromatic heterocycles. The smallest absolute Gasteiger partial charge is 0.267 e. The highest BCUT2D eigenvalue weighted by Crippen LogP contribution is 2.31. The molecule has 6 nitrogen and oxygen atoms in total. The second-order valence-corrected chi connectivity index (χ2v) is 7.50. The van der Waals surface area contributed by atoms with Gasteiger partial charge in [0.2, 0.25) is 5.95 Å². The molecule has 0 aliphatic heterocycles. The third kappa shape index (κ3) is 3.49. The molecule has 3 heterocycles. The van der Waals surface area contributed by atoms with Crippen LogP contribution in [0.1, 0.15) is 9.67 Å². The number of hydrogen-bond acceptors (Lipinski definition) is 7. The van der Waals surface area contributed by atoms with Gasteiger partial charge in [0.25, 0.3) is 5.91 Å². The lowest BCUT2D eigenvalue weighted by atomic mass is 10.3. The molecule has 27 heavy (non-hydrogen) atoms. The summed E-state index contributed by atoms with van der Waals surface area (Å²) in [6, 6.07) is 7.15. The molecule has 0 saturated heterocycles. The Balaban J connectivity index is 1.57. The van der Waals surface area contributed by atoms with E-state index >= 15 is 0 Å². The normalized spacial score (nSPS) is 10.9. The highest BCUT2D eigenvalue weighted by Gasteiger charge is 2.16. The van der Waals surface area contributed by atoms with E-state index in [2.05, 4.69) is 25.6 Å². The van der Waals surface area contributed by atoms with Crippen molar-refractivity contribution in [3.8, 4) is 10.6 Å². The van der Waals surface area contributed by atoms with Gasteiger partial charge >= 0.3 is 0 Å². The zero-order valence-corrected chi connectivity index (χ0v) is 15.4. The number of carbonyl (C=O) groups is 1. The van der Waals surface area contributed by atoms with Crippen molar-refractivity contribution in [3.05, 3.63) is 53.0 Å². The topological polar surface area (TPSA) is 79.8 Å². The minimum absolute atomic E-state index is 0.0316. The van der Waals surface area contributed by atoms with Crippen molar-refractivity contribution in [2.75, 3.05) is 17.7 Å². The Morgan fingerprint density at radius 1 is 1.11 bits per heavy atom. The fourth-order valence-electron chi connectivity index (χ4n) is 2.38. The molecule has 1 amide bonds. The van der Waals surface area contributed by atoms with E-state index in [1.807, 2.05) is 0 Å². The number of thiazole rings is 1. The van der Waals surface area contributed by atoms with E-state index in [0.717, 1.165) is 22.3 Å². The van der Waals surface area contributed by atoms with Gasteiger partial charge < -0.3 is 5.32 Å². The van der Waals surface area contributed by atoms with Crippen LogP contribution in [-0.4, -0.2) is 27.9 Å². The molecule has 0 saturated carbocycles. The molecular weight excluding hydrogens is 392 g/mol. The fraction of sp³-hybridized carbons (Fsp3) is 0.0588. The van der Waals surface area contributed by atoms with Crippen molar-refractivity contribution >= 4 is 49.9 Å². The number of hydrogen-bond donors (Lipinski definition) is 2. The molecule has 0 aliphatic carbocycles. The number of aromatic nitrogens is 3. The van der Waals surface area contributed by atoms with Crippen LogP contribution < -0.4 is 10.6 Å². The van der Waals surface area contributed by atoms with E-state index in [1.54, 1.807) is 31.4 Å². The summed E-state index contributed by atoms with van der Waals surface area (Å²) in [6.45, 7) is 0. The summed E-state index contributed by atoms with van der Waals surface area (Å²) in [7, 11) is 1.72. The van der Waals surface area contributed by atoms with Crippen molar-refractivity contribution in [1.82, 2.24) is 15.0 Å². The Morgan fingerprint density at radius 3 is 2.78 bits per heavy atom. The highest BCUT2D eigenvalue weighted by atomic mass is 32.1. The van der Waals surface area contributed by atoms with E-state index in [-0.39, 0.29) is 16.6 Å². The molecule has 0 bridgehead atoms. The van der Waals surface area contributed by atoms with Crippen LogP contribution in [0.4, 0.5) is 19.9 Å². The Labute approximate surface area is 159 Å². The number of amides is 1. The SMILES string of the molecule is CNc1nccc(-c2ccc(C(=O)Nc3nc4c(F)cc(F)cc4s3)s2)n1. The molecule has 2 N–H and O–H groups in total. The molecule has 4 rings (SSSR count). The maximum absolute atomic E-state index is 13.7. The van der Waals surface area contributed by atoms with Crippen molar-refractivity contribution in [3.63, 3.8) is 0 Å². The van der Waals surface area contributed by atoms with Crippen LogP contribution in [-0.2, 0) is 0 Å². The summed E-state index contributed by atoms with van der Waals surface area (Å²) in [5.41, 5.74) is 0.722. The molecule has 0 spiro atoms. The lowest BCUT2D eigenvalue weighted by molar-refractivity contribution is 0.103. The molecule has 4 aromatic rings. The number of anilines is 2. The second kappa shape index (κ2) is 6.97. The zero-order chi connectivity index (χ0) is 19.0. The number of nitrogens with one attached hydrogen (secondary N) is 2. The molecule has 10 heteroatoms. The first-order valence-electron chi connectivity index (χ1n) is 7.71. The Morgan fingerprint density at radius 2 is 1.96 bits per heavy atom. The average molecular weight is 403 g/mol. The van der Waals surface area contributed by atoms with E-state index in [1.165, 1.54) is 17.4 Å². The number of nitrogens with zero attached hydrogens (tertiary/aromatic N) is 3. The lowest BCUT2D eigenvalue weighted by Crippen LogP contribution is -2.09. The molecule has 0 aliphatic rings. The standard InChI is InChI=1S/C17H11F2N5OS2/c1-20-16-21-5-4-10(22-16)11-2-3-12(26-11)15(25)24-17-23-14-9(19)6-8(18)7-13(14)27-17/h2-7H,1H3,(H,20,21,22)(H,23,24,25). The monoisotopic (exact) mass is 403 g/mol. The third-order valence-corrected chi connectivity index (χ3v) is 5.62. The van der Waals surface area contributed by atoms with E-state index in [9.17, 15) is 13.6 Å². The minimum Gasteiger partial charge on any atom is -0.357 e. The number of carbonyl (C=O) groups excluding carboxylic acids is 1. The summed E-state index contributed by atoms with van der Waals surface area (Å²) in [4.78, 5) is 26.1. The Bertz CT molecular complexity index is 1160. The van der Waals surface area contributed by atoms with Gasteiger partial charge in [0, 0.05) is 19.3 Å². The van der Waals surface area contributed by atoms with E-state index in [0.29, 0.717) is 21.2 Å². The van der Waals surface area contributed by atoms with E-state index in [4.69, 9.17) is 0 Å². The van der Waals surface area contributed by atoms with Gasteiger partial charge in [0.05, 0.1) is 20.1 Å². The lowest BCUT2D eigenvalue weighted by Gasteiger charge is -2.00. The first kappa shape index (κ1) is 17.4. The molecule has 0 atom stereocenters. The Kier molecular flexibility index (Phi) is 4.50. The van der Waals surface area contributed by atoms with Crippen LogP contribution in [0, 0.1) is 11.6 Å². The van der Waals surface area contributed by atoms with Crippen LogP contribution in [0.3, 0.4) is 0 Å². The molecule has 1 aromatic carbocycles. The predicted octanol–water partition coefficient (Wildman–Crippen LogP) is 4.39. The summed E-state index contributed by atoms with van der Waals surface area (Å²) < 4.78 is 27.4. The first-order chi connectivity index (χ1) is 13.0. The van der Waals surface area contributed by atoms with Gasteiger partial charge in [-0.05, 0) is 24.3 Å². The zero-order valence-electron chi connectivity index (χ0n) is 13.8. The average Bonchev–Trinajstić information content (AvgIpc) is 3.29. The van der Waals surface area contributed by atoms with Gasteiger partial charge in [-0.1, -0.05) is 11.3 Å².